The van der Waals surface area contributed by atoms with Crippen LogP contribution in [0, 0.1) is 11.3 Å². The first-order chi connectivity index (χ1) is 16.1. The molecule has 0 saturated carbocycles. The number of fused-ring (bicyclic) bond motifs is 1. The second-order valence-corrected chi connectivity index (χ2v) is 7.38. The molecule has 1 aliphatic heterocycles. The normalized spacial score (nSPS) is 13.2. The van der Waals surface area contributed by atoms with Crippen LogP contribution in [-0.4, -0.2) is 32.4 Å². The van der Waals surface area contributed by atoms with E-state index in [2.05, 4.69) is 16.4 Å². The van der Waals surface area contributed by atoms with Gasteiger partial charge in [0.2, 0.25) is 5.91 Å². The maximum Gasteiger partial charge on any atom is 0.246 e. The van der Waals surface area contributed by atoms with Gasteiger partial charge in [0.25, 0.3) is 0 Å². The van der Waals surface area contributed by atoms with Gasteiger partial charge in [-0.25, -0.2) is 0 Å². The number of nitrogens with one attached hydrogen (secondary N) is 1. The Labute approximate surface area is 192 Å². The molecule has 1 heterocycles. The molecule has 6 heteroatoms. The average Bonchev–Trinajstić information content (AvgIpc) is 3.02. The summed E-state index contributed by atoms with van der Waals surface area (Å²) in [5, 5.41) is 12.3. The molecule has 0 atom stereocenters. The summed E-state index contributed by atoms with van der Waals surface area (Å²) in [7, 11) is 3.18. The summed E-state index contributed by atoms with van der Waals surface area (Å²) in [5.41, 5.74) is 5.67. The van der Waals surface area contributed by atoms with Crippen molar-refractivity contribution in [3.8, 4) is 17.6 Å². The van der Waals surface area contributed by atoms with Crippen molar-refractivity contribution < 1.29 is 14.3 Å². The fourth-order valence-electron chi connectivity index (χ4n) is 4.05. The molecule has 0 spiro atoms. The highest BCUT2D eigenvalue weighted by molar-refractivity contribution is 6.21. The molecule has 4 rings (SSSR count). The lowest BCUT2D eigenvalue weighted by molar-refractivity contribution is -0.114. The predicted octanol–water partition coefficient (Wildman–Crippen LogP) is 4.82. The van der Waals surface area contributed by atoms with E-state index in [4.69, 9.17) is 9.47 Å². The third-order valence-corrected chi connectivity index (χ3v) is 5.47. The Morgan fingerprint density at radius 1 is 1.09 bits per heavy atom. The van der Waals surface area contributed by atoms with Crippen molar-refractivity contribution in [3.63, 3.8) is 0 Å². The van der Waals surface area contributed by atoms with Crippen LogP contribution in [0.4, 0.5) is 5.69 Å². The zero-order valence-corrected chi connectivity index (χ0v) is 18.7. The molecular formula is C27H23N3O3. The van der Waals surface area contributed by atoms with Crippen molar-refractivity contribution in [2.24, 2.45) is 4.99 Å². The van der Waals surface area contributed by atoms with E-state index in [0.29, 0.717) is 34.0 Å². The highest BCUT2D eigenvalue weighted by atomic mass is 16.5. The maximum atomic E-state index is 12.5. The van der Waals surface area contributed by atoms with Crippen molar-refractivity contribution in [1.29, 1.82) is 5.26 Å². The van der Waals surface area contributed by atoms with Crippen LogP contribution in [0.15, 0.2) is 71.7 Å². The standard InChI is InChI=1S/C27H23N3O3/c1-4-20(18-10-6-5-7-11-18)24-22(32-2)14-21-25(27(24)33-3)26(29-16-23(31)30-21)19-12-8-9-17(13-19)15-28/h4-14H,16H2,1-3H3,(H,30,31)/b20-4-. The Kier molecular flexibility index (Phi) is 6.23. The fourth-order valence-corrected chi connectivity index (χ4v) is 4.05. The minimum Gasteiger partial charge on any atom is -0.496 e. The number of hydrogen-bond acceptors (Lipinski definition) is 5. The van der Waals surface area contributed by atoms with Crippen molar-refractivity contribution in [2.75, 3.05) is 26.1 Å². The zero-order chi connectivity index (χ0) is 23.4. The summed E-state index contributed by atoms with van der Waals surface area (Å²) in [6.07, 6.45) is 2.00. The van der Waals surface area contributed by atoms with E-state index in [9.17, 15) is 10.1 Å². The monoisotopic (exact) mass is 437 g/mol. The SMILES string of the molecule is C/C=C(/c1ccccc1)c1c(OC)cc2c(c1OC)C(c1cccc(C#N)c1)=NCC(=O)N2. The number of benzodiazepines with no additional fused rings is 1. The molecule has 1 N–H and O–H groups in total. The molecule has 1 amide bonds. The van der Waals surface area contributed by atoms with E-state index >= 15 is 0 Å². The number of nitriles is 1. The molecule has 0 aromatic heterocycles. The molecule has 33 heavy (non-hydrogen) atoms. The molecule has 164 valence electrons. The van der Waals surface area contributed by atoms with Gasteiger partial charge in [-0.15, -0.1) is 0 Å². The molecule has 0 saturated heterocycles. The number of rotatable bonds is 5. The van der Waals surface area contributed by atoms with Gasteiger partial charge < -0.3 is 14.8 Å². The Bertz CT molecular complexity index is 1320. The van der Waals surface area contributed by atoms with Gasteiger partial charge in [-0.05, 0) is 30.2 Å². The first kappa shape index (κ1) is 21.8. The molecule has 0 radical (unpaired) electrons. The largest absolute Gasteiger partial charge is 0.496 e. The predicted molar refractivity (Wildman–Crippen MR) is 129 cm³/mol. The van der Waals surface area contributed by atoms with Crippen LogP contribution in [0.3, 0.4) is 0 Å². The number of carbonyl (C=O) groups is 1. The summed E-state index contributed by atoms with van der Waals surface area (Å²) in [6.45, 7) is 1.91. The van der Waals surface area contributed by atoms with Crippen LogP contribution in [0.25, 0.3) is 5.57 Å². The number of ether oxygens (including phenoxy) is 2. The van der Waals surface area contributed by atoms with Crippen molar-refractivity contribution in [3.05, 3.63) is 94.6 Å². The van der Waals surface area contributed by atoms with E-state index in [-0.39, 0.29) is 12.5 Å². The molecule has 6 nitrogen and oxygen atoms in total. The molecule has 0 unspecified atom stereocenters. The molecule has 3 aromatic rings. The number of nitrogens with zero attached hydrogens (tertiary/aromatic N) is 2. The Balaban J connectivity index is 2.06. The van der Waals surface area contributed by atoms with Gasteiger partial charge in [0.05, 0.1) is 48.4 Å². The van der Waals surface area contributed by atoms with E-state index < -0.39 is 0 Å². The zero-order valence-electron chi connectivity index (χ0n) is 18.7. The topological polar surface area (TPSA) is 83.7 Å². The quantitative estimate of drug-likeness (QED) is 0.620. The molecule has 3 aromatic carbocycles. The van der Waals surface area contributed by atoms with Gasteiger partial charge in [0.15, 0.2) is 0 Å². The average molecular weight is 437 g/mol. The highest BCUT2D eigenvalue weighted by Gasteiger charge is 2.29. The lowest BCUT2D eigenvalue weighted by atomic mass is 9.90. The maximum absolute atomic E-state index is 12.5. The number of benzene rings is 3. The first-order valence-electron chi connectivity index (χ1n) is 10.5. The van der Waals surface area contributed by atoms with Crippen LogP contribution >= 0.6 is 0 Å². The number of amides is 1. The number of hydrogen-bond donors (Lipinski definition) is 1. The lowest BCUT2D eigenvalue weighted by Crippen LogP contribution is -2.14. The van der Waals surface area contributed by atoms with Crippen LogP contribution < -0.4 is 14.8 Å². The van der Waals surface area contributed by atoms with E-state index in [1.165, 1.54) is 0 Å². The minimum absolute atomic E-state index is 0.0449. The summed E-state index contributed by atoms with van der Waals surface area (Å²) in [6, 6.07) is 21.1. The third-order valence-electron chi connectivity index (χ3n) is 5.47. The molecule has 0 fully saturated rings. The molecule has 0 bridgehead atoms. The van der Waals surface area contributed by atoms with Crippen LogP contribution in [-0.2, 0) is 4.79 Å². The van der Waals surface area contributed by atoms with E-state index in [1.54, 1.807) is 38.5 Å². The lowest BCUT2D eigenvalue weighted by Gasteiger charge is -2.22. The van der Waals surface area contributed by atoms with Gasteiger partial charge in [-0.1, -0.05) is 48.5 Å². The van der Waals surface area contributed by atoms with Crippen LogP contribution in [0.5, 0.6) is 11.5 Å². The number of carbonyl (C=O) groups excluding carboxylic acids is 1. The molecule has 0 aliphatic carbocycles. The summed E-state index contributed by atoms with van der Waals surface area (Å²) < 4.78 is 11.7. The van der Waals surface area contributed by atoms with Gasteiger partial charge in [-0.3, -0.25) is 9.79 Å². The minimum atomic E-state index is -0.242. The van der Waals surface area contributed by atoms with Crippen LogP contribution in [0.1, 0.15) is 34.7 Å². The van der Waals surface area contributed by atoms with E-state index in [1.807, 2.05) is 49.4 Å². The number of methoxy groups -OCH3 is 2. The van der Waals surface area contributed by atoms with Gasteiger partial charge >= 0.3 is 0 Å². The Morgan fingerprint density at radius 3 is 2.55 bits per heavy atom. The second kappa shape index (κ2) is 9.41. The number of anilines is 1. The third kappa shape index (κ3) is 4.09. The fraction of sp³-hybridized carbons (Fsp3) is 0.148. The summed E-state index contributed by atoms with van der Waals surface area (Å²) in [5.74, 6) is 0.855. The second-order valence-electron chi connectivity index (χ2n) is 7.38. The van der Waals surface area contributed by atoms with E-state index in [0.717, 1.165) is 22.3 Å². The highest BCUT2D eigenvalue weighted by Crippen LogP contribution is 2.45. The van der Waals surface area contributed by atoms with Crippen molar-refractivity contribution in [1.82, 2.24) is 0 Å². The first-order valence-corrected chi connectivity index (χ1v) is 10.5. The molecular weight excluding hydrogens is 414 g/mol. The van der Waals surface area contributed by atoms with Gasteiger partial charge in [0, 0.05) is 11.6 Å². The van der Waals surface area contributed by atoms with Gasteiger partial charge in [-0.2, -0.15) is 5.26 Å². The number of allylic oxidation sites excluding steroid dienone is 1. The summed E-state index contributed by atoms with van der Waals surface area (Å²) in [4.78, 5) is 17.1. The Morgan fingerprint density at radius 2 is 1.88 bits per heavy atom. The smallest absolute Gasteiger partial charge is 0.246 e. The Hall–Kier alpha value is -4.37. The summed E-state index contributed by atoms with van der Waals surface area (Å²) >= 11 is 0. The number of aliphatic imine (C=N–C) groups is 1. The molecule has 1 aliphatic rings. The van der Waals surface area contributed by atoms with Gasteiger partial charge in [0.1, 0.15) is 18.0 Å². The van der Waals surface area contributed by atoms with Crippen LogP contribution in [0.2, 0.25) is 0 Å². The van der Waals surface area contributed by atoms with Crippen molar-refractivity contribution >= 4 is 22.9 Å². The van der Waals surface area contributed by atoms with Crippen molar-refractivity contribution in [2.45, 2.75) is 6.92 Å².